The van der Waals surface area contributed by atoms with Gasteiger partial charge in [0.05, 0.1) is 20.8 Å². The number of methoxy groups -OCH3 is 2. The summed E-state index contributed by atoms with van der Waals surface area (Å²) in [6, 6.07) is 17.1. The lowest BCUT2D eigenvalue weighted by Gasteiger charge is -2.26. The molecule has 2 atom stereocenters. The summed E-state index contributed by atoms with van der Waals surface area (Å²) in [5, 5.41) is 0. The second kappa shape index (κ2) is 12.3. The van der Waals surface area contributed by atoms with Crippen LogP contribution in [-0.4, -0.2) is 38.8 Å². The third-order valence-electron chi connectivity index (χ3n) is 6.23. The molecule has 0 N–H and O–H groups in total. The molecule has 1 amide bonds. The molecule has 3 aromatic carbocycles. The second-order valence-electron chi connectivity index (χ2n) is 8.70. The summed E-state index contributed by atoms with van der Waals surface area (Å²) in [5.74, 6) is 1.05. The fourth-order valence-electron chi connectivity index (χ4n) is 4.20. The zero-order valence-electron chi connectivity index (χ0n) is 21.6. The van der Waals surface area contributed by atoms with E-state index in [1.54, 1.807) is 56.7 Å². The number of carbonyl (C=O) groups is 2. The van der Waals surface area contributed by atoms with E-state index in [-0.39, 0.29) is 5.78 Å². The van der Waals surface area contributed by atoms with E-state index in [9.17, 15) is 14.0 Å². The van der Waals surface area contributed by atoms with Gasteiger partial charge in [0, 0.05) is 22.9 Å². The fraction of sp³-hybridized carbons (Fsp3) is 0.267. The first-order valence-corrected chi connectivity index (χ1v) is 12.4. The maximum atomic E-state index is 13.3. The highest BCUT2D eigenvalue weighted by Crippen LogP contribution is 2.43. The number of hydrogen-bond donors (Lipinski definition) is 0. The molecular weight excluding hydrogens is 489 g/mol. The smallest absolute Gasteiger partial charge is 0.415 e. The van der Waals surface area contributed by atoms with Crippen LogP contribution in [0.4, 0.5) is 14.9 Å². The minimum atomic E-state index is -0.809. The summed E-state index contributed by atoms with van der Waals surface area (Å²) >= 11 is 0. The molecule has 0 saturated carbocycles. The molecule has 0 radical (unpaired) electrons. The van der Waals surface area contributed by atoms with Gasteiger partial charge in [-0.1, -0.05) is 13.3 Å². The van der Waals surface area contributed by atoms with E-state index in [2.05, 4.69) is 6.92 Å². The molecule has 0 aliphatic carbocycles. The zero-order valence-corrected chi connectivity index (χ0v) is 21.6. The third-order valence-corrected chi connectivity index (χ3v) is 6.23. The van der Waals surface area contributed by atoms with Crippen molar-refractivity contribution in [3.63, 3.8) is 0 Å². The van der Waals surface area contributed by atoms with Crippen LogP contribution in [-0.2, 0) is 4.74 Å². The Morgan fingerprint density at radius 3 is 2.34 bits per heavy atom. The van der Waals surface area contributed by atoms with Crippen LogP contribution in [0.5, 0.6) is 17.2 Å². The molecule has 1 aliphatic rings. The first-order valence-electron chi connectivity index (χ1n) is 12.4. The first-order chi connectivity index (χ1) is 18.4. The maximum absolute atomic E-state index is 13.3. The van der Waals surface area contributed by atoms with Gasteiger partial charge < -0.3 is 18.9 Å². The summed E-state index contributed by atoms with van der Waals surface area (Å²) in [6.45, 7) is 2.56. The van der Waals surface area contributed by atoms with Crippen molar-refractivity contribution in [2.75, 3.05) is 25.7 Å². The van der Waals surface area contributed by atoms with Crippen molar-refractivity contribution in [1.82, 2.24) is 0 Å². The minimum absolute atomic E-state index is 0.323. The zero-order chi connectivity index (χ0) is 27.1. The van der Waals surface area contributed by atoms with Gasteiger partial charge in [-0.2, -0.15) is 0 Å². The lowest BCUT2D eigenvalue weighted by molar-refractivity contribution is 0.104. The highest BCUT2D eigenvalue weighted by molar-refractivity contribution is 6.04. The van der Waals surface area contributed by atoms with Gasteiger partial charge in [-0.15, -0.1) is 0 Å². The number of cyclic esters (lactones) is 1. The number of nitrogens with zero attached hydrogens (tertiary/aromatic N) is 1. The van der Waals surface area contributed by atoms with Crippen LogP contribution in [0.25, 0.3) is 0 Å². The summed E-state index contributed by atoms with van der Waals surface area (Å²) < 4.78 is 35.9. The molecule has 1 heterocycles. The van der Waals surface area contributed by atoms with Gasteiger partial charge in [0.25, 0.3) is 0 Å². The summed E-state index contributed by atoms with van der Waals surface area (Å²) in [5.41, 5.74) is 1.62. The minimum Gasteiger partial charge on any atom is -0.497 e. The summed E-state index contributed by atoms with van der Waals surface area (Å²) in [6.07, 6.45) is 3.33. The SMILES string of the molecule is CCCCOc1cc(OC)ccc1[C@@H]1[C@@H](/C=C/C(=O)c2ccc(F)cc2)OC(=O)N1c1ccc(OC)cc1. The van der Waals surface area contributed by atoms with Crippen LogP contribution in [0.2, 0.25) is 0 Å². The summed E-state index contributed by atoms with van der Waals surface area (Å²) in [7, 11) is 3.14. The second-order valence-corrected chi connectivity index (χ2v) is 8.70. The van der Waals surface area contributed by atoms with E-state index in [1.165, 1.54) is 35.2 Å². The lowest BCUT2D eigenvalue weighted by atomic mass is 9.97. The number of hydrogen-bond acceptors (Lipinski definition) is 6. The number of ether oxygens (including phenoxy) is 4. The van der Waals surface area contributed by atoms with E-state index in [4.69, 9.17) is 18.9 Å². The molecular formula is C30H30FNO6. The Morgan fingerprint density at radius 2 is 1.68 bits per heavy atom. The van der Waals surface area contributed by atoms with E-state index < -0.39 is 24.1 Å². The highest BCUT2D eigenvalue weighted by atomic mass is 19.1. The monoisotopic (exact) mass is 519 g/mol. The average Bonchev–Trinajstić information content (AvgIpc) is 3.27. The van der Waals surface area contributed by atoms with E-state index in [1.807, 2.05) is 6.07 Å². The summed E-state index contributed by atoms with van der Waals surface area (Å²) in [4.78, 5) is 27.5. The molecule has 7 nitrogen and oxygen atoms in total. The molecule has 1 saturated heterocycles. The number of carbonyl (C=O) groups excluding carboxylic acids is 2. The van der Waals surface area contributed by atoms with Crippen molar-refractivity contribution in [2.45, 2.75) is 31.9 Å². The van der Waals surface area contributed by atoms with Crippen molar-refractivity contribution < 1.29 is 32.9 Å². The molecule has 198 valence electrons. The quantitative estimate of drug-likeness (QED) is 0.163. The van der Waals surface area contributed by atoms with Crippen molar-refractivity contribution in [1.29, 1.82) is 0 Å². The molecule has 1 aliphatic heterocycles. The van der Waals surface area contributed by atoms with Crippen molar-refractivity contribution in [2.24, 2.45) is 0 Å². The predicted molar refractivity (Wildman–Crippen MR) is 142 cm³/mol. The standard InChI is InChI=1S/C30H30FNO6/c1-4-5-18-37-28-19-24(36-3)14-15-25(28)29-27(17-16-26(33)20-6-8-21(31)9-7-20)38-30(34)32(29)22-10-12-23(35-2)13-11-22/h6-17,19,27,29H,4-5,18H2,1-3H3/b17-16+/t27-,29-/m1/s1. The number of ketones is 1. The van der Waals surface area contributed by atoms with Crippen LogP contribution < -0.4 is 19.1 Å². The predicted octanol–water partition coefficient (Wildman–Crippen LogP) is 6.53. The molecule has 4 rings (SSSR count). The molecule has 0 bridgehead atoms. The first kappa shape index (κ1) is 26.7. The van der Waals surface area contributed by atoms with Gasteiger partial charge in [0.2, 0.25) is 0 Å². The van der Waals surface area contributed by atoms with Gasteiger partial charge in [0.1, 0.15) is 35.2 Å². The third kappa shape index (κ3) is 5.96. The van der Waals surface area contributed by atoms with Crippen LogP contribution in [0.15, 0.2) is 78.9 Å². The fourth-order valence-corrected chi connectivity index (χ4v) is 4.20. The van der Waals surface area contributed by atoms with Crippen molar-refractivity contribution in [3.8, 4) is 17.2 Å². The Morgan fingerprint density at radius 1 is 1.00 bits per heavy atom. The molecule has 0 unspecified atom stereocenters. The van der Waals surface area contributed by atoms with E-state index in [0.29, 0.717) is 40.7 Å². The Hall–Kier alpha value is -4.33. The normalized spacial score (nSPS) is 16.9. The Bertz CT molecular complexity index is 1290. The number of allylic oxidation sites excluding steroid dienone is 1. The van der Waals surface area contributed by atoms with Crippen molar-refractivity contribution in [3.05, 3.63) is 95.8 Å². The molecule has 0 aromatic heterocycles. The van der Waals surface area contributed by atoms with Crippen LogP contribution in [0.3, 0.4) is 0 Å². The molecule has 8 heteroatoms. The number of unbranched alkanes of at least 4 members (excludes halogenated alkanes) is 1. The maximum Gasteiger partial charge on any atom is 0.415 e. The van der Waals surface area contributed by atoms with Gasteiger partial charge >= 0.3 is 6.09 Å². The number of rotatable bonds is 11. The lowest BCUT2D eigenvalue weighted by Crippen LogP contribution is -2.29. The van der Waals surface area contributed by atoms with Gasteiger partial charge in [-0.3, -0.25) is 9.69 Å². The van der Waals surface area contributed by atoms with Gasteiger partial charge in [0.15, 0.2) is 5.78 Å². The number of amides is 1. The van der Waals surface area contributed by atoms with E-state index >= 15 is 0 Å². The van der Waals surface area contributed by atoms with Crippen LogP contribution in [0.1, 0.15) is 41.7 Å². The van der Waals surface area contributed by atoms with Crippen LogP contribution in [0, 0.1) is 5.82 Å². The Labute approximate surface area is 221 Å². The molecule has 3 aromatic rings. The average molecular weight is 520 g/mol. The van der Waals surface area contributed by atoms with Crippen LogP contribution >= 0.6 is 0 Å². The number of benzene rings is 3. The largest absolute Gasteiger partial charge is 0.497 e. The molecule has 1 fully saturated rings. The molecule has 0 spiro atoms. The highest BCUT2D eigenvalue weighted by Gasteiger charge is 2.44. The Balaban J connectivity index is 1.74. The van der Waals surface area contributed by atoms with E-state index in [0.717, 1.165) is 12.8 Å². The van der Waals surface area contributed by atoms with Gasteiger partial charge in [-0.25, -0.2) is 9.18 Å². The topological polar surface area (TPSA) is 74.3 Å². The molecule has 38 heavy (non-hydrogen) atoms. The number of anilines is 1. The van der Waals surface area contributed by atoms with Gasteiger partial charge in [-0.05, 0) is 79.2 Å². The number of halogens is 1. The Kier molecular flexibility index (Phi) is 8.63. The van der Waals surface area contributed by atoms with Crippen molar-refractivity contribution >= 4 is 17.6 Å².